The predicted molar refractivity (Wildman–Crippen MR) is 71.0 cm³/mol. The normalized spacial score (nSPS) is 10.1. The lowest BCUT2D eigenvalue weighted by molar-refractivity contribution is 0.798. The van der Waals surface area contributed by atoms with Gasteiger partial charge in [0.25, 0.3) is 0 Å². The minimum atomic E-state index is 0.774. The van der Waals surface area contributed by atoms with Gasteiger partial charge in [-0.05, 0) is 23.8 Å². The van der Waals surface area contributed by atoms with Crippen LogP contribution in [0.25, 0.3) is 0 Å². The maximum absolute atomic E-state index is 3.51. The predicted octanol–water partition coefficient (Wildman–Crippen LogP) is 3.57. The Balaban J connectivity index is 1.87. The lowest BCUT2D eigenvalue weighted by Crippen LogP contribution is -2.20. The Morgan fingerprint density at radius 3 is 2.31 bits per heavy atom. The van der Waals surface area contributed by atoms with E-state index in [-0.39, 0.29) is 0 Å². The Morgan fingerprint density at radius 1 is 0.875 bits per heavy atom. The number of halogens is 1. The van der Waals surface area contributed by atoms with Gasteiger partial charge in [0.2, 0.25) is 0 Å². The number of hydrogen-bond donors (Lipinski definition) is 2. The molecular weight excluding hydrogens is 264 g/mol. The van der Waals surface area contributed by atoms with E-state index in [2.05, 4.69) is 32.8 Å². The van der Waals surface area contributed by atoms with Crippen LogP contribution in [0.2, 0.25) is 0 Å². The summed E-state index contributed by atoms with van der Waals surface area (Å²) in [5.74, 6) is 0. The van der Waals surface area contributed by atoms with Gasteiger partial charge in [-0.15, -0.1) is 0 Å². The molecule has 2 nitrogen and oxygen atoms in total. The molecule has 0 spiro atoms. The number of hydrogen-bond acceptors (Lipinski definition) is 2. The summed E-state index contributed by atoms with van der Waals surface area (Å²) in [7, 11) is 0. The van der Waals surface area contributed by atoms with Crippen LogP contribution >= 0.6 is 15.9 Å². The fraction of sp³-hybridized carbons (Fsp3) is 0.0769. The quantitative estimate of drug-likeness (QED) is 0.835. The molecule has 2 aromatic carbocycles. The molecule has 0 heterocycles. The first-order chi connectivity index (χ1) is 7.86. The first-order valence-corrected chi connectivity index (χ1v) is 5.93. The molecule has 3 heteroatoms. The van der Waals surface area contributed by atoms with Crippen LogP contribution in [0.15, 0.2) is 59.1 Å². The maximum Gasteiger partial charge on any atom is 0.0487 e. The number of anilines is 1. The highest BCUT2D eigenvalue weighted by Gasteiger charge is 1.96. The third kappa shape index (κ3) is 3.08. The molecule has 0 saturated carbocycles. The van der Waals surface area contributed by atoms with Crippen LogP contribution in [0.1, 0.15) is 5.56 Å². The summed E-state index contributed by atoms with van der Waals surface area (Å²) in [5, 5.41) is 0. The van der Waals surface area contributed by atoms with Gasteiger partial charge in [0.15, 0.2) is 0 Å². The fourth-order valence-corrected chi connectivity index (χ4v) is 1.83. The minimum Gasteiger partial charge on any atom is -0.321 e. The molecule has 2 rings (SSSR count). The van der Waals surface area contributed by atoms with Gasteiger partial charge in [0.1, 0.15) is 0 Å². The summed E-state index contributed by atoms with van der Waals surface area (Å²) in [4.78, 5) is 0. The summed E-state index contributed by atoms with van der Waals surface area (Å²) in [6.45, 7) is 0.774. The van der Waals surface area contributed by atoms with Crippen molar-refractivity contribution in [1.29, 1.82) is 0 Å². The summed E-state index contributed by atoms with van der Waals surface area (Å²) in [6.07, 6.45) is 0. The van der Waals surface area contributed by atoms with Gasteiger partial charge in [0, 0.05) is 16.7 Å². The summed E-state index contributed by atoms with van der Waals surface area (Å²) < 4.78 is 1.12. The highest BCUT2D eigenvalue weighted by Crippen LogP contribution is 2.15. The van der Waals surface area contributed by atoms with Gasteiger partial charge >= 0.3 is 0 Å². The van der Waals surface area contributed by atoms with Crippen molar-refractivity contribution in [3.63, 3.8) is 0 Å². The number of rotatable bonds is 4. The highest BCUT2D eigenvalue weighted by atomic mass is 79.9. The Morgan fingerprint density at radius 2 is 1.56 bits per heavy atom. The third-order valence-corrected chi connectivity index (χ3v) is 3.02. The van der Waals surface area contributed by atoms with E-state index in [0.29, 0.717) is 0 Å². The standard InChI is InChI=1S/C13H13BrN2/c14-13-9-5-4-6-11(13)10-15-16-12-7-2-1-3-8-12/h1-9,15-16H,10H2. The lowest BCUT2D eigenvalue weighted by Gasteiger charge is -2.09. The van der Waals surface area contributed by atoms with Gasteiger partial charge in [-0.3, -0.25) is 0 Å². The zero-order valence-corrected chi connectivity index (χ0v) is 10.4. The van der Waals surface area contributed by atoms with E-state index in [9.17, 15) is 0 Å². The molecule has 2 aromatic rings. The second-order valence-corrected chi connectivity index (χ2v) is 4.29. The van der Waals surface area contributed by atoms with Crippen LogP contribution in [0.3, 0.4) is 0 Å². The molecule has 0 saturated heterocycles. The monoisotopic (exact) mass is 276 g/mol. The van der Waals surface area contributed by atoms with E-state index >= 15 is 0 Å². The molecule has 0 aliphatic heterocycles. The highest BCUT2D eigenvalue weighted by molar-refractivity contribution is 9.10. The van der Waals surface area contributed by atoms with Crippen LogP contribution in [-0.2, 0) is 6.54 Å². The minimum absolute atomic E-state index is 0.774. The number of benzene rings is 2. The second-order valence-electron chi connectivity index (χ2n) is 3.44. The van der Waals surface area contributed by atoms with Crippen molar-refractivity contribution in [3.05, 3.63) is 64.6 Å². The molecule has 0 atom stereocenters. The number of hydrazine groups is 1. The largest absolute Gasteiger partial charge is 0.321 e. The van der Waals surface area contributed by atoms with Crippen LogP contribution < -0.4 is 10.9 Å². The topological polar surface area (TPSA) is 24.1 Å². The first kappa shape index (κ1) is 11.2. The molecular formula is C13H13BrN2. The number of para-hydroxylation sites is 1. The van der Waals surface area contributed by atoms with Gasteiger partial charge in [-0.1, -0.05) is 52.3 Å². The third-order valence-electron chi connectivity index (χ3n) is 2.24. The fourth-order valence-electron chi connectivity index (χ4n) is 1.40. The lowest BCUT2D eigenvalue weighted by atomic mass is 10.2. The van der Waals surface area contributed by atoms with Crippen molar-refractivity contribution < 1.29 is 0 Å². The molecule has 2 N–H and O–H groups in total. The van der Waals surface area contributed by atoms with Crippen molar-refractivity contribution in [3.8, 4) is 0 Å². The van der Waals surface area contributed by atoms with Crippen LogP contribution in [0, 0.1) is 0 Å². The molecule has 0 aliphatic carbocycles. The van der Waals surface area contributed by atoms with E-state index in [4.69, 9.17) is 0 Å². The zero-order chi connectivity index (χ0) is 11.2. The molecule has 0 unspecified atom stereocenters. The Labute approximate surface area is 104 Å². The van der Waals surface area contributed by atoms with Crippen molar-refractivity contribution in [2.45, 2.75) is 6.54 Å². The van der Waals surface area contributed by atoms with E-state index in [1.54, 1.807) is 0 Å². The van der Waals surface area contributed by atoms with Crippen molar-refractivity contribution in [1.82, 2.24) is 5.43 Å². The Bertz CT molecular complexity index is 443. The van der Waals surface area contributed by atoms with Gasteiger partial charge < -0.3 is 5.43 Å². The Kier molecular flexibility index (Phi) is 3.97. The van der Waals surface area contributed by atoms with Crippen molar-refractivity contribution in [2.75, 3.05) is 5.43 Å². The average Bonchev–Trinajstić information content (AvgIpc) is 2.33. The molecule has 0 fully saturated rings. The summed E-state index contributed by atoms with van der Waals surface area (Å²) in [6, 6.07) is 18.2. The van der Waals surface area contributed by atoms with E-state index < -0.39 is 0 Å². The van der Waals surface area contributed by atoms with Crippen LogP contribution in [0.4, 0.5) is 5.69 Å². The summed E-state index contributed by atoms with van der Waals surface area (Å²) >= 11 is 3.51. The smallest absolute Gasteiger partial charge is 0.0487 e. The summed E-state index contributed by atoms with van der Waals surface area (Å²) in [5.41, 5.74) is 8.62. The van der Waals surface area contributed by atoms with Crippen LogP contribution in [-0.4, -0.2) is 0 Å². The molecule has 0 amide bonds. The molecule has 0 bridgehead atoms. The maximum atomic E-state index is 3.51. The first-order valence-electron chi connectivity index (χ1n) is 5.13. The van der Waals surface area contributed by atoms with Crippen LogP contribution in [0.5, 0.6) is 0 Å². The van der Waals surface area contributed by atoms with Gasteiger partial charge in [0.05, 0.1) is 0 Å². The molecule has 82 valence electrons. The Hall–Kier alpha value is -1.32. The number of nitrogens with one attached hydrogen (secondary N) is 2. The SMILES string of the molecule is Brc1ccccc1CNNc1ccccc1. The van der Waals surface area contributed by atoms with Gasteiger partial charge in [-0.2, -0.15) is 0 Å². The molecule has 0 aromatic heterocycles. The van der Waals surface area contributed by atoms with E-state index in [0.717, 1.165) is 16.7 Å². The molecule has 0 aliphatic rings. The zero-order valence-electron chi connectivity index (χ0n) is 8.78. The second kappa shape index (κ2) is 5.68. The van der Waals surface area contributed by atoms with Crippen molar-refractivity contribution in [2.24, 2.45) is 0 Å². The molecule has 16 heavy (non-hydrogen) atoms. The molecule has 0 radical (unpaired) electrons. The van der Waals surface area contributed by atoms with E-state index in [1.807, 2.05) is 48.5 Å². The van der Waals surface area contributed by atoms with Gasteiger partial charge in [-0.25, -0.2) is 5.43 Å². The average molecular weight is 277 g/mol. The van der Waals surface area contributed by atoms with Crippen molar-refractivity contribution >= 4 is 21.6 Å². The van der Waals surface area contributed by atoms with E-state index in [1.165, 1.54) is 5.56 Å².